The number of hydrogen-bond donors (Lipinski definition) is 8. The number of ether oxygens (including phenoxy) is 4. The molecule has 3 fully saturated rings. The minimum atomic E-state index is -4.02. The van der Waals surface area contributed by atoms with Crippen LogP contribution in [-0.4, -0.2) is 151 Å². The van der Waals surface area contributed by atoms with Crippen molar-refractivity contribution < 1.29 is 61.6 Å². The quantitative estimate of drug-likeness (QED) is 0.122. The van der Waals surface area contributed by atoms with E-state index in [0.29, 0.717) is 19.4 Å². The van der Waals surface area contributed by atoms with Crippen LogP contribution in [0, 0.1) is 6.92 Å². The number of aliphatic hydroxyl groups is 3. The third-order valence-corrected chi connectivity index (χ3v) is 10.2. The summed E-state index contributed by atoms with van der Waals surface area (Å²) in [6, 6.07) is 3.12. The number of aryl methyl sites for hydroxylation is 1. The highest BCUT2D eigenvalue weighted by Gasteiger charge is 2.51. The predicted molar refractivity (Wildman–Crippen MR) is 185 cm³/mol. The van der Waals surface area contributed by atoms with Crippen molar-refractivity contribution in [1.82, 2.24) is 20.9 Å². The zero-order valence-electron chi connectivity index (χ0n) is 30.6. The fourth-order valence-corrected chi connectivity index (χ4v) is 7.01. The molecule has 12 atom stereocenters. The van der Waals surface area contributed by atoms with Gasteiger partial charge in [0.05, 0.1) is 35.7 Å². The van der Waals surface area contributed by atoms with E-state index < -0.39 is 83.0 Å². The van der Waals surface area contributed by atoms with Crippen molar-refractivity contribution in [2.75, 3.05) is 27.2 Å². The van der Waals surface area contributed by atoms with Gasteiger partial charge in [-0.25, -0.2) is 0 Å². The van der Waals surface area contributed by atoms with Crippen LogP contribution in [0.3, 0.4) is 0 Å². The number of nitrogens with two attached hydrogens (primary N) is 1. The number of carbonyl (C=O) groups excluding carboxylic acids is 3. The molecule has 0 aromatic heterocycles. The lowest BCUT2D eigenvalue weighted by Gasteiger charge is -2.49. The SMILES string of the molecule is CN[C@@H]1[C@@H](O)[C@@H](O[C@@H]2[C@@H](O)[C@H](O[C@H]3O[C@H](CN(C)C(C)=O)CC[C@H]3NC(C)=O)[C@@H](NC(C)=O)C[C@H]2N)OC[C@]1(C)O.Cc1ccc(S(=O)(=O)O)cc1. The van der Waals surface area contributed by atoms with Gasteiger partial charge in [0.1, 0.15) is 30.0 Å². The molecule has 4 rings (SSSR count). The molecule has 1 aromatic carbocycles. The van der Waals surface area contributed by atoms with Crippen LogP contribution in [0.25, 0.3) is 0 Å². The van der Waals surface area contributed by atoms with Gasteiger partial charge in [0.15, 0.2) is 12.6 Å². The van der Waals surface area contributed by atoms with E-state index in [9.17, 15) is 38.1 Å². The van der Waals surface area contributed by atoms with E-state index in [1.807, 2.05) is 6.92 Å². The highest BCUT2D eigenvalue weighted by Crippen LogP contribution is 2.32. The summed E-state index contributed by atoms with van der Waals surface area (Å²) in [5.74, 6) is -0.793. The zero-order chi connectivity index (χ0) is 39.1. The van der Waals surface area contributed by atoms with Gasteiger partial charge in [-0.3, -0.25) is 18.9 Å². The second-order valence-corrected chi connectivity index (χ2v) is 15.3. The van der Waals surface area contributed by atoms with E-state index in [1.165, 1.54) is 44.7 Å². The first kappa shape index (κ1) is 43.6. The number of nitrogens with zero attached hydrogens (tertiary/aromatic N) is 1. The number of benzene rings is 1. The van der Waals surface area contributed by atoms with Gasteiger partial charge in [-0.05, 0) is 52.3 Å². The molecule has 19 heteroatoms. The number of aliphatic hydroxyl groups excluding tert-OH is 2. The number of likely N-dealkylation sites (N-methyl/N-ethyl adjacent to an activating group) is 2. The number of rotatable bonds is 10. The van der Waals surface area contributed by atoms with Gasteiger partial charge < -0.3 is 60.9 Å². The first-order valence-corrected chi connectivity index (χ1v) is 18.5. The number of amides is 3. The maximum Gasteiger partial charge on any atom is 0.294 e. The van der Waals surface area contributed by atoms with E-state index in [1.54, 1.807) is 26.2 Å². The predicted octanol–water partition coefficient (Wildman–Crippen LogP) is -1.86. The molecule has 0 radical (unpaired) electrons. The normalized spacial score (nSPS) is 35.0. The van der Waals surface area contributed by atoms with Crippen LogP contribution in [0.15, 0.2) is 29.2 Å². The van der Waals surface area contributed by atoms with Crippen LogP contribution in [-0.2, 0) is 43.4 Å². The minimum absolute atomic E-state index is 0.0666. The molecular weight excluding hydrogens is 706 g/mol. The summed E-state index contributed by atoms with van der Waals surface area (Å²) in [5.41, 5.74) is 5.98. The van der Waals surface area contributed by atoms with E-state index in [0.717, 1.165) is 5.56 Å². The summed E-state index contributed by atoms with van der Waals surface area (Å²) in [6.07, 6.45) is -6.34. The summed E-state index contributed by atoms with van der Waals surface area (Å²) in [7, 11) is -0.776. The lowest BCUT2D eigenvalue weighted by Crippen LogP contribution is -2.69. The average Bonchev–Trinajstić information content (AvgIpc) is 3.02. The largest absolute Gasteiger partial charge is 0.388 e. The van der Waals surface area contributed by atoms with E-state index in [2.05, 4.69) is 16.0 Å². The van der Waals surface area contributed by atoms with Crippen LogP contribution in [0.4, 0.5) is 0 Å². The lowest BCUT2D eigenvalue weighted by molar-refractivity contribution is -0.308. The standard InChI is InChI=1S/C26H47N5O10.C7H8O3S/c1-12(32)29-17-8-7-15(10-31(6)14(3)34)39-24(17)41-22-18(30-13(2)33)9-16(27)21(19(22)35)40-25-20(36)23(28-5)26(4,37)11-38-25;1-6-2-4-7(5-3-6)11(8,9)10/h15-25,28,35-37H,7-11,27H2,1-6H3,(H,29,32)(H,30,33);2-5H,1H3,(H,8,9,10)/t15-,16+,17+,18-,19+,20+,21-,22+,23+,24+,25+,26-;/m0./s1. The Kier molecular flexibility index (Phi) is 15.5. The second kappa shape index (κ2) is 18.5. The van der Waals surface area contributed by atoms with E-state index in [4.69, 9.17) is 29.2 Å². The Morgan fingerprint density at radius 3 is 2.10 bits per heavy atom. The van der Waals surface area contributed by atoms with Crippen LogP contribution in [0.5, 0.6) is 0 Å². The molecule has 9 N–H and O–H groups in total. The van der Waals surface area contributed by atoms with Gasteiger partial charge in [0.2, 0.25) is 17.7 Å². The van der Waals surface area contributed by atoms with Gasteiger partial charge in [-0.1, -0.05) is 17.7 Å². The molecule has 18 nitrogen and oxygen atoms in total. The Balaban J connectivity index is 0.000000564. The van der Waals surface area contributed by atoms with E-state index >= 15 is 0 Å². The molecular formula is C33H55N5O13S. The van der Waals surface area contributed by atoms with Gasteiger partial charge in [-0.2, -0.15) is 8.42 Å². The highest BCUT2D eigenvalue weighted by molar-refractivity contribution is 7.85. The van der Waals surface area contributed by atoms with Crippen LogP contribution in [0.2, 0.25) is 0 Å². The Bertz CT molecular complexity index is 1470. The fraction of sp³-hybridized carbons (Fsp3) is 0.727. The number of nitrogens with one attached hydrogen (secondary N) is 3. The molecule has 0 spiro atoms. The summed E-state index contributed by atoms with van der Waals surface area (Å²) < 4.78 is 53.7. The van der Waals surface area contributed by atoms with Crippen molar-refractivity contribution in [3.63, 3.8) is 0 Å². The molecule has 0 bridgehead atoms. The maximum atomic E-state index is 12.1. The van der Waals surface area contributed by atoms with Crippen LogP contribution >= 0.6 is 0 Å². The monoisotopic (exact) mass is 761 g/mol. The van der Waals surface area contributed by atoms with Crippen molar-refractivity contribution in [3.05, 3.63) is 29.8 Å². The molecule has 1 saturated carbocycles. The lowest BCUT2D eigenvalue weighted by atomic mass is 9.83. The summed E-state index contributed by atoms with van der Waals surface area (Å²) in [6.45, 7) is 7.67. The Morgan fingerprint density at radius 2 is 1.56 bits per heavy atom. The molecule has 52 heavy (non-hydrogen) atoms. The summed E-state index contributed by atoms with van der Waals surface area (Å²) in [4.78, 5) is 37.2. The molecule has 0 unspecified atom stereocenters. The third-order valence-electron chi connectivity index (χ3n) is 9.31. The molecule has 296 valence electrons. The van der Waals surface area contributed by atoms with Gasteiger partial charge in [0.25, 0.3) is 10.1 Å². The van der Waals surface area contributed by atoms with Crippen molar-refractivity contribution in [1.29, 1.82) is 0 Å². The van der Waals surface area contributed by atoms with Gasteiger partial charge in [0, 0.05) is 40.4 Å². The number of hydrogen-bond acceptors (Lipinski definition) is 14. The van der Waals surface area contributed by atoms with Crippen molar-refractivity contribution in [2.45, 2.75) is 132 Å². The van der Waals surface area contributed by atoms with Crippen LogP contribution < -0.4 is 21.7 Å². The maximum absolute atomic E-state index is 12.1. The Hall–Kier alpha value is -2.82. The topological polar surface area (TPSA) is 269 Å². The van der Waals surface area contributed by atoms with Crippen molar-refractivity contribution in [3.8, 4) is 0 Å². The molecule has 3 aliphatic rings. The summed E-state index contributed by atoms with van der Waals surface area (Å²) in [5, 5.41) is 41.4. The Labute approximate surface area is 304 Å². The van der Waals surface area contributed by atoms with E-state index in [-0.39, 0.29) is 35.6 Å². The molecule has 2 saturated heterocycles. The molecule has 2 aliphatic heterocycles. The number of carbonyl (C=O) groups is 3. The first-order chi connectivity index (χ1) is 24.1. The molecule has 1 aromatic rings. The Morgan fingerprint density at radius 1 is 0.981 bits per heavy atom. The minimum Gasteiger partial charge on any atom is -0.388 e. The third kappa shape index (κ3) is 11.8. The van der Waals surface area contributed by atoms with Crippen molar-refractivity contribution in [2.24, 2.45) is 5.73 Å². The highest BCUT2D eigenvalue weighted by atomic mass is 32.2. The molecule has 2 heterocycles. The summed E-state index contributed by atoms with van der Waals surface area (Å²) >= 11 is 0. The average molecular weight is 762 g/mol. The van der Waals surface area contributed by atoms with Gasteiger partial charge in [-0.15, -0.1) is 0 Å². The second-order valence-electron chi connectivity index (χ2n) is 13.9. The van der Waals surface area contributed by atoms with Gasteiger partial charge >= 0.3 is 0 Å². The molecule has 3 amide bonds. The van der Waals surface area contributed by atoms with Crippen molar-refractivity contribution >= 4 is 27.8 Å². The fourth-order valence-electron chi connectivity index (χ4n) is 6.53. The molecule has 1 aliphatic carbocycles. The zero-order valence-corrected chi connectivity index (χ0v) is 31.4. The smallest absolute Gasteiger partial charge is 0.294 e. The van der Waals surface area contributed by atoms with Crippen LogP contribution in [0.1, 0.15) is 52.5 Å². The first-order valence-electron chi connectivity index (χ1n) is 17.0.